The van der Waals surface area contributed by atoms with Gasteiger partial charge < -0.3 is 10.6 Å². The monoisotopic (exact) mass is 216 g/mol. The second kappa shape index (κ2) is 3.86. The van der Waals surface area contributed by atoms with Crippen molar-refractivity contribution in [3.05, 3.63) is 35.9 Å². The molecule has 2 nitrogen and oxygen atoms in total. The zero-order chi connectivity index (χ0) is 11.0. The van der Waals surface area contributed by atoms with E-state index in [0.717, 1.165) is 6.54 Å². The van der Waals surface area contributed by atoms with E-state index in [2.05, 4.69) is 47.9 Å². The molecule has 1 spiro atoms. The third kappa shape index (κ3) is 1.76. The molecule has 2 atom stereocenters. The standard InChI is InChI=1S/C14H20N2/c1-11(12-5-3-2-4-6-12)16-13-9-15-10-14(13)7-8-14/h2-6,11,13,15-16H,7-10H2,1H3/t11-,13-/m1/s1. The second-order valence-electron chi connectivity index (χ2n) is 5.34. The van der Waals surface area contributed by atoms with Crippen molar-refractivity contribution >= 4 is 0 Å². The maximum absolute atomic E-state index is 3.79. The molecule has 0 aromatic heterocycles. The van der Waals surface area contributed by atoms with Crippen LogP contribution in [0.5, 0.6) is 0 Å². The van der Waals surface area contributed by atoms with Crippen LogP contribution in [0.2, 0.25) is 0 Å². The van der Waals surface area contributed by atoms with Crippen LogP contribution in [0.15, 0.2) is 30.3 Å². The van der Waals surface area contributed by atoms with Gasteiger partial charge in [-0.1, -0.05) is 30.3 Å². The van der Waals surface area contributed by atoms with Crippen molar-refractivity contribution in [2.45, 2.75) is 31.8 Å². The van der Waals surface area contributed by atoms with Crippen LogP contribution in [0, 0.1) is 5.41 Å². The van der Waals surface area contributed by atoms with Crippen molar-refractivity contribution in [3.63, 3.8) is 0 Å². The Morgan fingerprint density at radius 2 is 2.06 bits per heavy atom. The highest BCUT2D eigenvalue weighted by Gasteiger charge is 2.52. The van der Waals surface area contributed by atoms with Gasteiger partial charge in [0.05, 0.1) is 0 Å². The average Bonchev–Trinajstić information content (AvgIpc) is 2.99. The van der Waals surface area contributed by atoms with Crippen molar-refractivity contribution in [1.82, 2.24) is 10.6 Å². The zero-order valence-corrected chi connectivity index (χ0v) is 9.87. The molecular weight excluding hydrogens is 196 g/mol. The summed E-state index contributed by atoms with van der Waals surface area (Å²) < 4.78 is 0. The molecular formula is C14H20N2. The van der Waals surface area contributed by atoms with E-state index >= 15 is 0 Å². The van der Waals surface area contributed by atoms with E-state index in [1.54, 1.807) is 0 Å². The summed E-state index contributed by atoms with van der Waals surface area (Å²) in [6, 6.07) is 11.9. The Kier molecular flexibility index (Phi) is 2.49. The van der Waals surface area contributed by atoms with Crippen LogP contribution in [-0.2, 0) is 0 Å². The summed E-state index contributed by atoms with van der Waals surface area (Å²) in [6.45, 7) is 4.62. The Hall–Kier alpha value is -0.860. The third-order valence-corrected chi connectivity index (χ3v) is 4.21. The summed E-state index contributed by atoms with van der Waals surface area (Å²) >= 11 is 0. The van der Waals surface area contributed by atoms with Gasteiger partial charge in [0.1, 0.15) is 0 Å². The molecule has 0 radical (unpaired) electrons. The summed E-state index contributed by atoms with van der Waals surface area (Å²) in [5, 5.41) is 7.30. The molecule has 1 aromatic carbocycles. The molecule has 2 fully saturated rings. The lowest BCUT2D eigenvalue weighted by atomic mass is 9.98. The fraction of sp³-hybridized carbons (Fsp3) is 0.571. The van der Waals surface area contributed by atoms with Gasteiger partial charge in [-0.25, -0.2) is 0 Å². The van der Waals surface area contributed by atoms with Gasteiger partial charge in [-0.3, -0.25) is 0 Å². The SMILES string of the molecule is C[C@@H](N[C@@H]1CNCC12CC2)c1ccccc1. The molecule has 2 heteroatoms. The first-order chi connectivity index (χ1) is 7.80. The summed E-state index contributed by atoms with van der Waals surface area (Å²) in [6.07, 6.45) is 2.80. The van der Waals surface area contributed by atoms with E-state index in [-0.39, 0.29) is 0 Å². The largest absolute Gasteiger partial charge is 0.315 e. The third-order valence-electron chi connectivity index (χ3n) is 4.21. The molecule has 0 bridgehead atoms. The van der Waals surface area contributed by atoms with Crippen LogP contribution in [0.1, 0.15) is 31.4 Å². The zero-order valence-electron chi connectivity index (χ0n) is 9.87. The number of hydrogen-bond acceptors (Lipinski definition) is 2. The molecule has 86 valence electrons. The molecule has 1 saturated heterocycles. The average molecular weight is 216 g/mol. The lowest BCUT2D eigenvalue weighted by Crippen LogP contribution is -2.38. The van der Waals surface area contributed by atoms with Crippen molar-refractivity contribution < 1.29 is 0 Å². The minimum atomic E-state index is 0.462. The predicted molar refractivity (Wildman–Crippen MR) is 66.3 cm³/mol. The first-order valence-corrected chi connectivity index (χ1v) is 6.32. The first-order valence-electron chi connectivity index (χ1n) is 6.32. The van der Waals surface area contributed by atoms with Crippen molar-refractivity contribution in [3.8, 4) is 0 Å². The van der Waals surface area contributed by atoms with E-state index in [4.69, 9.17) is 0 Å². The molecule has 2 N–H and O–H groups in total. The van der Waals surface area contributed by atoms with Crippen molar-refractivity contribution in [2.75, 3.05) is 13.1 Å². The number of benzene rings is 1. The van der Waals surface area contributed by atoms with Gasteiger partial charge in [-0.2, -0.15) is 0 Å². The molecule has 1 aliphatic carbocycles. The van der Waals surface area contributed by atoms with Crippen LogP contribution >= 0.6 is 0 Å². The van der Waals surface area contributed by atoms with Gasteiger partial charge in [0, 0.05) is 25.2 Å². The Morgan fingerprint density at radius 1 is 1.31 bits per heavy atom. The predicted octanol–water partition coefficient (Wildman–Crippen LogP) is 2.09. The maximum atomic E-state index is 3.79. The lowest BCUT2D eigenvalue weighted by molar-refractivity contribution is 0.374. The molecule has 1 aliphatic heterocycles. The molecule has 0 unspecified atom stereocenters. The quantitative estimate of drug-likeness (QED) is 0.808. The summed E-state index contributed by atoms with van der Waals surface area (Å²) in [5.74, 6) is 0. The number of hydrogen-bond donors (Lipinski definition) is 2. The van der Waals surface area contributed by atoms with Gasteiger partial charge in [-0.15, -0.1) is 0 Å². The normalized spacial score (nSPS) is 28.2. The Bertz CT molecular complexity index is 356. The first kappa shape index (κ1) is 10.3. The van der Waals surface area contributed by atoms with Crippen LogP contribution in [0.3, 0.4) is 0 Å². The van der Waals surface area contributed by atoms with Gasteiger partial charge >= 0.3 is 0 Å². The smallest absolute Gasteiger partial charge is 0.0295 e. The van der Waals surface area contributed by atoms with Crippen LogP contribution < -0.4 is 10.6 Å². The van der Waals surface area contributed by atoms with E-state index in [1.807, 2.05) is 0 Å². The number of nitrogens with one attached hydrogen (secondary N) is 2. The molecule has 3 rings (SSSR count). The Labute approximate surface area is 97.4 Å². The Balaban J connectivity index is 1.67. The van der Waals surface area contributed by atoms with E-state index in [9.17, 15) is 0 Å². The fourth-order valence-electron chi connectivity index (χ4n) is 2.87. The lowest BCUT2D eigenvalue weighted by Gasteiger charge is -2.24. The summed E-state index contributed by atoms with van der Waals surface area (Å²) in [7, 11) is 0. The van der Waals surface area contributed by atoms with Crippen LogP contribution in [0.4, 0.5) is 0 Å². The summed E-state index contributed by atoms with van der Waals surface area (Å²) in [4.78, 5) is 0. The van der Waals surface area contributed by atoms with Gasteiger partial charge in [0.2, 0.25) is 0 Å². The topological polar surface area (TPSA) is 24.1 Å². The van der Waals surface area contributed by atoms with Crippen molar-refractivity contribution in [1.29, 1.82) is 0 Å². The van der Waals surface area contributed by atoms with Crippen LogP contribution in [-0.4, -0.2) is 19.1 Å². The van der Waals surface area contributed by atoms with Crippen molar-refractivity contribution in [2.24, 2.45) is 5.41 Å². The molecule has 1 saturated carbocycles. The maximum Gasteiger partial charge on any atom is 0.0295 e. The molecule has 2 aliphatic rings. The van der Waals surface area contributed by atoms with E-state index < -0.39 is 0 Å². The Morgan fingerprint density at radius 3 is 2.75 bits per heavy atom. The number of rotatable bonds is 3. The van der Waals surface area contributed by atoms with Gasteiger partial charge in [-0.05, 0) is 30.7 Å². The molecule has 0 amide bonds. The van der Waals surface area contributed by atoms with E-state index in [1.165, 1.54) is 24.9 Å². The van der Waals surface area contributed by atoms with Crippen LogP contribution in [0.25, 0.3) is 0 Å². The molecule has 16 heavy (non-hydrogen) atoms. The highest BCUT2D eigenvalue weighted by atomic mass is 15.1. The van der Waals surface area contributed by atoms with Gasteiger partial charge in [0.25, 0.3) is 0 Å². The minimum absolute atomic E-state index is 0.462. The second-order valence-corrected chi connectivity index (χ2v) is 5.34. The van der Waals surface area contributed by atoms with Gasteiger partial charge in [0.15, 0.2) is 0 Å². The summed E-state index contributed by atoms with van der Waals surface area (Å²) in [5.41, 5.74) is 1.99. The highest BCUT2D eigenvalue weighted by molar-refractivity contribution is 5.19. The fourth-order valence-corrected chi connectivity index (χ4v) is 2.87. The molecule has 1 heterocycles. The highest BCUT2D eigenvalue weighted by Crippen LogP contribution is 2.50. The minimum Gasteiger partial charge on any atom is -0.315 e. The molecule has 1 aromatic rings. The van der Waals surface area contributed by atoms with E-state index in [0.29, 0.717) is 17.5 Å².